The standard InChI is InChI=1S/C11H21N3O2.ClH/c1-14(2)10(15)7-13-11(16)8-4-3-5-9(12)6-8;/h8-9H,3-7,12H2,1-2H3,(H,13,16);1H. The molecule has 3 N–H and O–H groups in total. The van der Waals surface area contributed by atoms with Crippen molar-refractivity contribution in [2.75, 3.05) is 20.6 Å². The quantitative estimate of drug-likeness (QED) is 0.760. The molecule has 1 saturated carbocycles. The molecule has 17 heavy (non-hydrogen) atoms. The zero-order valence-corrected chi connectivity index (χ0v) is 11.3. The number of nitrogens with zero attached hydrogens (tertiary/aromatic N) is 1. The van der Waals surface area contributed by atoms with Crippen molar-refractivity contribution in [3.05, 3.63) is 0 Å². The fourth-order valence-electron chi connectivity index (χ4n) is 1.93. The topological polar surface area (TPSA) is 75.4 Å². The Morgan fingerprint density at radius 1 is 1.35 bits per heavy atom. The predicted octanol–water partition coefficient (Wildman–Crippen LogP) is 0.130. The number of rotatable bonds is 3. The van der Waals surface area contributed by atoms with Crippen LogP contribution >= 0.6 is 12.4 Å². The second-order valence-electron chi connectivity index (χ2n) is 4.63. The lowest BCUT2D eigenvalue weighted by atomic mass is 9.85. The highest BCUT2D eigenvalue weighted by atomic mass is 35.5. The lowest BCUT2D eigenvalue weighted by Crippen LogP contribution is -2.42. The minimum atomic E-state index is -0.0894. The van der Waals surface area contributed by atoms with E-state index in [1.165, 1.54) is 4.90 Å². The summed E-state index contributed by atoms with van der Waals surface area (Å²) in [5.41, 5.74) is 5.81. The Hall–Kier alpha value is -0.810. The molecule has 0 aromatic carbocycles. The van der Waals surface area contributed by atoms with Gasteiger partial charge < -0.3 is 16.0 Å². The number of halogens is 1. The minimum absolute atomic E-state index is 0. The van der Waals surface area contributed by atoms with Gasteiger partial charge in [0, 0.05) is 26.1 Å². The number of amides is 2. The molecule has 100 valence electrons. The summed E-state index contributed by atoms with van der Waals surface area (Å²) in [7, 11) is 3.34. The molecular formula is C11H22ClN3O2. The maximum atomic E-state index is 11.7. The fraction of sp³-hybridized carbons (Fsp3) is 0.818. The molecule has 0 saturated heterocycles. The Morgan fingerprint density at radius 3 is 2.53 bits per heavy atom. The van der Waals surface area contributed by atoms with Crippen LogP contribution in [0.2, 0.25) is 0 Å². The van der Waals surface area contributed by atoms with Gasteiger partial charge >= 0.3 is 0 Å². The van der Waals surface area contributed by atoms with Crippen LogP contribution in [-0.2, 0) is 9.59 Å². The fourth-order valence-corrected chi connectivity index (χ4v) is 1.93. The van der Waals surface area contributed by atoms with Crippen LogP contribution in [-0.4, -0.2) is 43.4 Å². The number of hydrogen-bond donors (Lipinski definition) is 2. The van der Waals surface area contributed by atoms with Crippen molar-refractivity contribution in [1.82, 2.24) is 10.2 Å². The highest BCUT2D eigenvalue weighted by Crippen LogP contribution is 2.22. The molecule has 0 aromatic heterocycles. The van der Waals surface area contributed by atoms with Gasteiger partial charge in [-0.15, -0.1) is 12.4 Å². The number of nitrogens with one attached hydrogen (secondary N) is 1. The van der Waals surface area contributed by atoms with E-state index in [4.69, 9.17) is 5.73 Å². The first-order valence-corrected chi connectivity index (χ1v) is 5.74. The molecule has 6 heteroatoms. The van der Waals surface area contributed by atoms with E-state index in [9.17, 15) is 9.59 Å². The zero-order chi connectivity index (χ0) is 12.1. The first-order chi connectivity index (χ1) is 7.50. The Morgan fingerprint density at radius 2 is 2.00 bits per heavy atom. The van der Waals surface area contributed by atoms with Gasteiger partial charge in [-0.05, 0) is 19.3 Å². The molecule has 0 aromatic rings. The summed E-state index contributed by atoms with van der Waals surface area (Å²) < 4.78 is 0. The van der Waals surface area contributed by atoms with Gasteiger partial charge in [-0.1, -0.05) is 6.42 Å². The van der Waals surface area contributed by atoms with Crippen molar-refractivity contribution in [3.63, 3.8) is 0 Å². The first-order valence-electron chi connectivity index (χ1n) is 5.74. The molecule has 0 spiro atoms. The summed E-state index contributed by atoms with van der Waals surface area (Å²) in [6.07, 6.45) is 3.62. The van der Waals surface area contributed by atoms with Crippen molar-refractivity contribution in [2.24, 2.45) is 11.7 Å². The molecule has 5 nitrogen and oxygen atoms in total. The maximum absolute atomic E-state index is 11.7. The lowest BCUT2D eigenvalue weighted by Gasteiger charge is -2.25. The van der Waals surface area contributed by atoms with E-state index < -0.39 is 0 Å². The minimum Gasteiger partial charge on any atom is -0.347 e. The van der Waals surface area contributed by atoms with Crippen LogP contribution in [0.5, 0.6) is 0 Å². The molecule has 0 heterocycles. The third-order valence-electron chi connectivity index (χ3n) is 3.00. The Kier molecular flexibility index (Phi) is 7.15. The first kappa shape index (κ1) is 16.2. The number of nitrogens with two attached hydrogens (primary N) is 1. The molecule has 1 aliphatic rings. The maximum Gasteiger partial charge on any atom is 0.241 e. The summed E-state index contributed by atoms with van der Waals surface area (Å²) in [5, 5.41) is 2.67. The van der Waals surface area contributed by atoms with Gasteiger partial charge in [0.05, 0.1) is 6.54 Å². The summed E-state index contributed by atoms with van der Waals surface area (Å²) in [6, 6.07) is 0.133. The Bertz CT molecular complexity index is 271. The van der Waals surface area contributed by atoms with Gasteiger partial charge in [0.2, 0.25) is 11.8 Å². The van der Waals surface area contributed by atoms with E-state index in [2.05, 4.69) is 5.32 Å². The van der Waals surface area contributed by atoms with Gasteiger partial charge in [-0.2, -0.15) is 0 Å². The summed E-state index contributed by atoms with van der Waals surface area (Å²) in [5.74, 6) is -0.141. The molecule has 0 aliphatic heterocycles. The van der Waals surface area contributed by atoms with Crippen LogP contribution in [0.1, 0.15) is 25.7 Å². The Labute approximate surface area is 109 Å². The monoisotopic (exact) mass is 263 g/mol. The van der Waals surface area contributed by atoms with Crippen molar-refractivity contribution < 1.29 is 9.59 Å². The van der Waals surface area contributed by atoms with Crippen LogP contribution in [0.15, 0.2) is 0 Å². The van der Waals surface area contributed by atoms with E-state index in [1.54, 1.807) is 14.1 Å². The normalized spacial score (nSPS) is 23.5. The van der Waals surface area contributed by atoms with Crippen LogP contribution in [0.4, 0.5) is 0 Å². The third kappa shape index (κ3) is 5.37. The van der Waals surface area contributed by atoms with Crippen LogP contribution in [0.3, 0.4) is 0 Å². The molecule has 1 aliphatic carbocycles. The average Bonchev–Trinajstić information content (AvgIpc) is 2.25. The van der Waals surface area contributed by atoms with Gasteiger partial charge in [-0.3, -0.25) is 9.59 Å². The number of carbonyl (C=O) groups is 2. The number of carbonyl (C=O) groups excluding carboxylic acids is 2. The highest BCUT2D eigenvalue weighted by molar-refractivity contribution is 5.86. The van der Waals surface area contributed by atoms with Crippen molar-refractivity contribution in [3.8, 4) is 0 Å². The molecule has 2 atom stereocenters. The van der Waals surface area contributed by atoms with Crippen molar-refractivity contribution in [2.45, 2.75) is 31.7 Å². The van der Waals surface area contributed by atoms with E-state index >= 15 is 0 Å². The van der Waals surface area contributed by atoms with E-state index in [1.807, 2.05) is 0 Å². The zero-order valence-electron chi connectivity index (χ0n) is 10.4. The number of likely N-dealkylation sites (N-methyl/N-ethyl adjacent to an activating group) is 1. The molecule has 1 fully saturated rings. The third-order valence-corrected chi connectivity index (χ3v) is 3.00. The summed E-state index contributed by atoms with van der Waals surface area (Å²) in [4.78, 5) is 24.5. The Balaban J connectivity index is 0.00000256. The van der Waals surface area contributed by atoms with Crippen molar-refractivity contribution in [1.29, 1.82) is 0 Å². The second-order valence-corrected chi connectivity index (χ2v) is 4.63. The smallest absolute Gasteiger partial charge is 0.241 e. The largest absolute Gasteiger partial charge is 0.347 e. The second kappa shape index (κ2) is 7.50. The molecule has 1 rings (SSSR count). The van der Waals surface area contributed by atoms with E-state index in [0.29, 0.717) is 0 Å². The van der Waals surface area contributed by atoms with Crippen LogP contribution in [0.25, 0.3) is 0 Å². The average molecular weight is 264 g/mol. The van der Waals surface area contributed by atoms with Crippen molar-refractivity contribution >= 4 is 24.2 Å². The van der Waals surface area contributed by atoms with Gasteiger partial charge in [0.25, 0.3) is 0 Å². The number of hydrogen-bond acceptors (Lipinski definition) is 3. The van der Waals surface area contributed by atoms with Crippen LogP contribution < -0.4 is 11.1 Å². The van der Waals surface area contributed by atoms with Gasteiger partial charge in [-0.25, -0.2) is 0 Å². The summed E-state index contributed by atoms with van der Waals surface area (Å²) in [6.45, 7) is 0.0809. The molecule has 0 bridgehead atoms. The molecule has 0 radical (unpaired) electrons. The van der Waals surface area contributed by atoms with Gasteiger partial charge in [0.15, 0.2) is 0 Å². The predicted molar refractivity (Wildman–Crippen MR) is 68.9 cm³/mol. The van der Waals surface area contributed by atoms with Gasteiger partial charge in [0.1, 0.15) is 0 Å². The van der Waals surface area contributed by atoms with E-state index in [0.717, 1.165) is 25.7 Å². The highest BCUT2D eigenvalue weighted by Gasteiger charge is 2.25. The molecule has 2 unspecified atom stereocenters. The molecular weight excluding hydrogens is 242 g/mol. The van der Waals surface area contributed by atoms with E-state index in [-0.39, 0.29) is 42.7 Å². The molecule has 2 amide bonds. The lowest BCUT2D eigenvalue weighted by molar-refractivity contribution is -0.132. The summed E-state index contributed by atoms with van der Waals surface area (Å²) >= 11 is 0. The SMILES string of the molecule is CN(C)C(=O)CNC(=O)C1CCCC(N)C1.Cl. The van der Waals surface area contributed by atoms with Crippen LogP contribution in [0, 0.1) is 5.92 Å².